The Bertz CT molecular complexity index is 128. The standard InChI is InChI=1S/C9H15Cl/c1-5-9(4,10)7-6-8(2)3/h1,8H,6-7H2,2-4H3. The Labute approximate surface area is 69.0 Å². The van der Waals surface area contributed by atoms with E-state index in [4.69, 9.17) is 18.0 Å². The lowest BCUT2D eigenvalue weighted by Gasteiger charge is -2.15. The second kappa shape index (κ2) is 3.88. The zero-order valence-electron chi connectivity index (χ0n) is 6.95. The summed E-state index contributed by atoms with van der Waals surface area (Å²) in [7, 11) is 0. The van der Waals surface area contributed by atoms with Crippen LogP contribution in [0.5, 0.6) is 0 Å². The molecule has 0 nitrogen and oxygen atoms in total. The molecule has 10 heavy (non-hydrogen) atoms. The topological polar surface area (TPSA) is 0 Å². The van der Waals surface area contributed by atoms with E-state index in [2.05, 4.69) is 19.8 Å². The Hall–Kier alpha value is -0.150. The number of rotatable bonds is 3. The average molecular weight is 159 g/mol. The molecule has 0 bridgehead atoms. The monoisotopic (exact) mass is 158 g/mol. The van der Waals surface area contributed by atoms with Crippen LogP contribution >= 0.6 is 11.6 Å². The molecular formula is C9H15Cl. The summed E-state index contributed by atoms with van der Waals surface area (Å²) in [5.74, 6) is 3.25. The number of hydrogen-bond donors (Lipinski definition) is 0. The maximum Gasteiger partial charge on any atom is 0.102 e. The zero-order chi connectivity index (χ0) is 8.20. The van der Waals surface area contributed by atoms with Gasteiger partial charge < -0.3 is 0 Å². The molecule has 0 spiro atoms. The molecule has 1 heteroatoms. The van der Waals surface area contributed by atoms with Crippen molar-refractivity contribution in [2.75, 3.05) is 0 Å². The summed E-state index contributed by atoms with van der Waals surface area (Å²) in [6.45, 7) is 6.23. The third kappa shape index (κ3) is 4.70. The molecule has 58 valence electrons. The fourth-order valence-corrected chi connectivity index (χ4v) is 0.741. The first kappa shape index (κ1) is 9.85. The maximum absolute atomic E-state index is 5.93. The number of hydrogen-bond acceptors (Lipinski definition) is 0. The van der Waals surface area contributed by atoms with Crippen LogP contribution < -0.4 is 0 Å². The van der Waals surface area contributed by atoms with Gasteiger partial charge in [-0.3, -0.25) is 0 Å². The number of terminal acetylenes is 1. The summed E-state index contributed by atoms with van der Waals surface area (Å²) in [6.07, 6.45) is 7.22. The molecule has 0 aromatic carbocycles. The van der Waals surface area contributed by atoms with Gasteiger partial charge in [0, 0.05) is 0 Å². The summed E-state index contributed by atoms with van der Waals surface area (Å²) < 4.78 is 0. The zero-order valence-corrected chi connectivity index (χ0v) is 7.70. The summed E-state index contributed by atoms with van der Waals surface area (Å²) >= 11 is 5.93. The van der Waals surface area contributed by atoms with Crippen LogP contribution in [0.4, 0.5) is 0 Å². The van der Waals surface area contributed by atoms with Crippen molar-refractivity contribution in [1.29, 1.82) is 0 Å². The molecule has 0 aliphatic carbocycles. The quantitative estimate of drug-likeness (QED) is 0.438. The second-order valence-electron chi connectivity index (χ2n) is 3.27. The molecule has 0 saturated heterocycles. The van der Waals surface area contributed by atoms with Gasteiger partial charge in [-0.1, -0.05) is 19.8 Å². The summed E-state index contributed by atoms with van der Waals surface area (Å²) in [4.78, 5) is -0.426. The smallest absolute Gasteiger partial charge is 0.102 e. The molecule has 0 aromatic rings. The Morgan fingerprint density at radius 1 is 1.60 bits per heavy atom. The molecule has 0 amide bonds. The van der Waals surface area contributed by atoms with Crippen molar-refractivity contribution in [2.24, 2.45) is 5.92 Å². The van der Waals surface area contributed by atoms with E-state index in [1.54, 1.807) is 0 Å². The van der Waals surface area contributed by atoms with Crippen molar-refractivity contribution < 1.29 is 0 Å². The third-order valence-electron chi connectivity index (χ3n) is 1.49. The number of halogens is 1. The van der Waals surface area contributed by atoms with Crippen molar-refractivity contribution in [1.82, 2.24) is 0 Å². The van der Waals surface area contributed by atoms with Crippen LogP contribution in [0.25, 0.3) is 0 Å². The van der Waals surface area contributed by atoms with Crippen LogP contribution in [-0.4, -0.2) is 4.87 Å². The molecule has 0 heterocycles. The fraction of sp³-hybridized carbons (Fsp3) is 0.778. The first-order chi connectivity index (χ1) is 4.48. The minimum absolute atomic E-state index is 0.426. The van der Waals surface area contributed by atoms with Gasteiger partial charge in [0.15, 0.2) is 0 Å². The summed E-state index contributed by atoms with van der Waals surface area (Å²) in [5, 5.41) is 0. The van der Waals surface area contributed by atoms with Gasteiger partial charge in [0.05, 0.1) is 0 Å². The molecule has 0 rings (SSSR count). The molecule has 1 atom stereocenters. The normalized spacial score (nSPS) is 16.4. The van der Waals surface area contributed by atoms with Gasteiger partial charge in [0.1, 0.15) is 4.87 Å². The lowest BCUT2D eigenvalue weighted by atomic mass is 9.99. The highest BCUT2D eigenvalue weighted by atomic mass is 35.5. The molecule has 0 N–H and O–H groups in total. The third-order valence-corrected chi connectivity index (χ3v) is 1.79. The lowest BCUT2D eigenvalue weighted by Crippen LogP contribution is -2.13. The predicted octanol–water partition coefficient (Wildman–Crippen LogP) is 3.05. The summed E-state index contributed by atoms with van der Waals surface area (Å²) in [5.41, 5.74) is 0. The van der Waals surface area contributed by atoms with Crippen LogP contribution in [-0.2, 0) is 0 Å². The highest BCUT2D eigenvalue weighted by Crippen LogP contribution is 2.21. The first-order valence-electron chi connectivity index (χ1n) is 3.64. The van der Waals surface area contributed by atoms with Crippen LogP contribution in [0.15, 0.2) is 0 Å². The molecule has 0 fully saturated rings. The Kier molecular flexibility index (Phi) is 3.83. The Morgan fingerprint density at radius 3 is 2.40 bits per heavy atom. The van der Waals surface area contributed by atoms with Crippen LogP contribution in [0, 0.1) is 18.3 Å². The Morgan fingerprint density at radius 2 is 2.10 bits per heavy atom. The van der Waals surface area contributed by atoms with Crippen molar-refractivity contribution in [3.8, 4) is 12.3 Å². The minimum Gasteiger partial charge on any atom is -0.118 e. The van der Waals surface area contributed by atoms with Crippen molar-refractivity contribution in [3.05, 3.63) is 0 Å². The van der Waals surface area contributed by atoms with Crippen molar-refractivity contribution in [3.63, 3.8) is 0 Å². The molecular weight excluding hydrogens is 144 g/mol. The highest BCUT2D eigenvalue weighted by molar-refractivity contribution is 6.25. The maximum atomic E-state index is 5.93. The SMILES string of the molecule is C#CC(C)(Cl)CCC(C)C. The molecule has 0 aromatic heterocycles. The van der Waals surface area contributed by atoms with Gasteiger partial charge in [-0.2, -0.15) is 0 Å². The minimum atomic E-state index is -0.426. The van der Waals surface area contributed by atoms with Gasteiger partial charge in [-0.15, -0.1) is 18.0 Å². The first-order valence-corrected chi connectivity index (χ1v) is 4.02. The Balaban J connectivity index is 3.60. The molecule has 0 saturated carbocycles. The number of alkyl halides is 1. The van der Waals surface area contributed by atoms with E-state index in [9.17, 15) is 0 Å². The molecule has 0 aliphatic rings. The van der Waals surface area contributed by atoms with E-state index in [-0.39, 0.29) is 0 Å². The van der Waals surface area contributed by atoms with Gasteiger partial charge >= 0.3 is 0 Å². The average Bonchev–Trinajstić information content (AvgIpc) is 1.85. The van der Waals surface area contributed by atoms with E-state index in [0.29, 0.717) is 5.92 Å². The largest absolute Gasteiger partial charge is 0.118 e. The van der Waals surface area contributed by atoms with E-state index in [1.165, 1.54) is 0 Å². The fourth-order valence-electron chi connectivity index (χ4n) is 0.632. The van der Waals surface area contributed by atoms with E-state index >= 15 is 0 Å². The predicted molar refractivity (Wildman–Crippen MR) is 47.2 cm³/mol. The van der Waals surface area contributed by atoms with E-state index in [1.807, 2.05) is 6.92 Å². The van der Waals surface area contributed by atoms with Crippen LogP contribution in [0.3, 0.4) is 0 Å². The van der Waals surface area contributed by atoms with Gasteiger partial charge in [-0.25, -0.2) is 0 Å². The molecule has 1 unspecified atom stereocenters. The van der Waals surface area contributed by atoms with Gasteiger partial charge in [0.25, 0.3) is 0 Å². The second-order valence-corrected chi connectivity index (χ2v) is 4.11. The van der Waals surface area contributed by atoms with E-state index in [0.717, 1.165) is 12.8 Å². The van der Waals surface area contributed by atoms with Crippen molar-refractivity contribution >= 4 is 11.6 Å². The lowest BCUT2D eigenvalue weighted by molar-refractivity contribution is 0.524. The van der Waals surface area contributed by atoms with E-state index < -0.39 is 4.87 Å². The van der Waals surface area contributed by atoms with Gasteiger partial charge in [0.2, 0.25) is 0 Å². The molecule has 0 radical (unpaired) electrons. The van der Waals surface area contributed by atoms with Crippen molar-refractivity contribution in [2.45, 2.75) is 38.5 Å². The van der Waals surface area contributed by atoms with Crippen LogP contribution in [0.2, 0.25) is 0 Å². The highest BCUT2D eigenvalue weighted by Gasteiger charge is 2.16. The molecule has 0 aliphatic heterocycles. The summed E-state index contributed by atoms with van der Waals surface area (Å²) in [6, 6.07) is 0. The van der Waals surface area contributed by atoms with Crippen LogP contribution in [0.1, 0.15) is 33.6 Å². The van der Waals surface area contributed by atoms with Gasteiger partial charge in [-0.05, 0) is 25.7 Å².